The van der Waals surface area contributed by atoms with Gasteiger partial charge in [0, 0.05) is 12.6 Å². The van der Waals surface area contributed by atoms with E-state index in [1.54, 1.807) is 37.3 Å². The second-order valence-electron chi connectivity index (χ2n) is 6.06. The highest BCUT2D eigenvalue weighted by atomic mass is 16.5. The summed E-state index contributed by atoms with van der Waals surface area (Å²) >= 11 is 0. The van der Waals surface area contributed by atoms with Crippen LogP contribution in [-0.4, -0.2) is 31.9 Å². The third kappa shape index (κ3) is 4.59. The van der Waals surface area contributed by atoms with E-state index in [9.17, 15) is 14.4 Å². The van der Waals surface area contributed by atoms with Crippen molar-refractivity contribution in [2.45, 2.75) is 19.9 Å². The van der Waals surface area contributed by atoms with E-state index < -0.39 is 23.8 Å². The van der Waals surface area contributed by atoms with Crippen LogP contribution in [0.2, 0.25) is 0 Å². The first-order chi connectivity index (χ1) is 13.3. The third-order valence-electron chi connectivity index (χ3n) is 4.10. The molecule has 2 aromatic carbocycles. The smallest absolute Gasteiger partial charge is 0.323 e. The Morgan fingerprint density at radius 3 is 2.29 bits per heavy atom. The third-order valence-corrected chi connectivity index (χ3v) is 4.10. The summed E-state index contributed by atoms with van der Waals surface area (Å²) in [6.45, 7) is 2.91. The summed E-state index contributed by atoms with van der Waals surface area (Å²) < 4.78 is 10.4. The van der Waals surface area contributed by atoms with Crippen molar-refractivity contribution < 1.29 is 23.9 Å². The second kappa shape index (κ2) is 8.90. The predicted molar refractivity (Wildman–Crippen MR) is 105 cm³/mol. The molecule has 2 aromatic rings. The van der Waals surface area contributed by atoms with Crippen LogP contribution in [-0.2, 0) is 14.4 Å². The predicted octanol–water partition coefficient (Wildman–Crippen LogP) is 2.04. The minimum atomic E-state index is -0.995. The highest BCUT2D eigenvalue weighted by molar-refractivity contribution is 6.45. The van der Waals surface area contributed by atoms with Crippen molar-refractivity contribution in [1.29, 1.82) is 0 Å². The Hall–Kier alpha value is -3.55. The van der Waals surface area contributed by atoms with E-state index >= 15 is 0 Å². The maximum Gasteiger partial charge on any atom is 0.323 e. The molecule has 1 unspecified atom stereocenters. The molecule has 2 rings (SSSR count). The number of anilines is 2. The monoisotopic (exact) mass is 385 g/mol. The number of nitrogens with zero attached hydrogens (tertiary/aromatic N) is 1. The zero-order valence-corrected chi connectivity index (χ0v) is 16.2. The van der Waals surface area contributed by atoms with Gasteiger partial charge in [0.05, 0.1) is 25.9 Å². The van der Waals surface area contributed by atoms with Gasteiger partial charge in [-0.05, 0) is 42.8 Å². The van der Waals surface area contributed by atoms with Gasteiger partial charge < -0.3 is 20.5 Å². The lowest BCUT2D eigenvalue weighted by Crippen LogP contribution is -2.46. The van der Waals surface area contributed by atoms with Gasteiger partial charge in [-0.15, -0.1) is 0 Å². The number of nitrogen functional groups attached to an aromatic ring is 1. The first kappa shape index (κ1) is 20.8. The van der Waals surface area contributed by atoms with Crippen LogP contribution in [0.25, 0.3) is 0 Å². The number of hydrogen-bond donors (Lipinski definition) is 2. The number of benzene rings is 2. The Morgan fingerprint density at radius 1 is 1.04 bits per heavy atom. The summed E-state index contributed by atoms with van der Waals surface area (Å²) in [5.74, 6) is -1.46. The van der Waals surface area contributed by atoms with Crippen LogP contribution in [0.3, 0.4) is 0 Å². The van der Waals surface area contributed by atoms with Crippen LogP contribution in [0.5, 0.6) is 11.5 Å². The van der Waals surface area contributed by atoms with Crippen molar-refractivity contribution in [2.24, 2.45) is 0 Å². The molecule has 0 aliphatic heterocycles. The number of hydrogen-bond acceptors (Lipinski definition) is 6. The lowest BCUT2D eigenvalue weighted by atomic mass is 10.1. The molecule has 0 aliphatic carbocycles. The van der Waals surface area contributed by atoms with Crippen molar-refractivity contribution in [3.8, 4) is 11.5 Å². The summed E-state index contributed by atoms with van der Waals surface area (Å²) in [5.41, 5.74) is 7.01. The molecule has 8 heteroatoms. The van der Waals surface area contributed by atoms with E-state index in [1.165, 1.54) is 33.3 Å². The van der Waals surface area contributed by atoms with Gasteiger partial charge in [-0.25, -0.2) is 4.90 Å². The Bertz CT molecular complexity index is 897. The quantitative estimate of drug-likeness (QED) is 0.602. The Balaban J connectivity index is 2.20. The lowest BCUT2D eigenvalue weighted by Gasteiger charge is -2.21. The van der Waals surface area contributed by atoms with Crippen LogP contribution in [0.4, 0.5) is 11.4 Å². The van der Waals surface area contributed by atoms with Crippen LogP contribution in [0, 0.1) is 0 Å². The van der Waals surface area contributed by atoms with Gasteiger partial charge in [0.1, 0.15) is 0 Å². The first-order valence-corrected chi connectivity index (χ1v) is 8.51. The Labute approximate surface area is 163 Å². The molecular formula is C20H23N3O5. The average molecular weight is 385 g/mol. The number of carbonyl (C=O) groups excluding carboxylic acids is 3. The number of methoxy groups -OCH3 is 2. The number of nitrogens with one attached hydrogen (secondary N) is 1. The zero-order valence-electron chi connectivity index (χ0n) is 16.2. The molecule has 0 fully saturated rings. The summed E-state index contributed by atoms with van der Waals surface area (Å²) in [7, 11) is 3.03. The fourth-order valence-electron chi connectivity index (χ4n) is 2.67. The molecule has 0 spiro atoms. The van der Waals surface area contributed by atoms with Crippen LogP contribution in [0.1, 0.15) is 25.5 Å². The van der Waals surface area contributed by atoms with E-state index in [2.05, 4.69) is 5.32 Å². The van der Waals surface area contributed by atoms with Gasteiger partial charge in [-0.1, -0.05) is 12.1 Å². The lowest BCUT2D eigenvalue weighted by molar-refractivity contribution is -0.139. The highest BCUT2D eigenvalue weighted by Gasteiger charge is 2.28. The number of carbonyl (C=O) groups is 3. The molecule has 0 saturated heterocycles. The van der Waals surface area contributed by atoms with E-state index in [-0.39, 0.29) is 5.69 Å². The van der Waals surface area contributed by atoms with Gasteiger partial charge in [-0.3, -0.25) is 14.4 Å². The average Bonchev–Trinajstić information content (AvgIpc) is 2.67. The molecular weight excluding hydrogens is 362 g/mol. The summed E-state index contributed by atoms with van der Waals surface area (Å²) in [4.78, 5) is 37.8. The van der Waals surface area contributed by atoms with Gasteiger partial charge in [0.15, 0.2) is 11.5 Å². The van der Waals surface area contributed by atoms with E-state index in [1.807, 2.05) is 0 Å². The number of amides is 3. The van der Waals surface area contributed by atoms with Crippen molar-refractivity contribution in [3.63, 3.8) is 0 Å². The van der Waals surface area contributed by atoms with Gasteiger partial charge in [0.2, 0.25) is 5.91 Å². The Morgan fingerprint density at radius 2 is 1.71 bits per heavy atom. The number of rotatable bonds is 5. The molecule has 1 atom stereocenters. The highest BCUT2D eigenvalue weighted by Crippen LogP contribution is 2.30. The SMILES string of the molecule is COc1ccc(C(C)NC(=O)C(=O)N(C(C)=O)c2cccc(N)c2)cc1OC. The van der Waals surface area contributed by atoms with Gasteiger partial charge >= 0.3 is 11.8 Å². The van der Waals surface area contributed by atoms with E-state index in [4.69, 9.17) is 15.2 Å². The molecule has 0 saturated carbocycles. The summed E-state index contributed by atoms with van der Waals surface area (Å²) in [6, 6.07) is 10.8. The maximum absolute atomic E-state index is 12.6. The molecule has 0 heterocycles. The summed E-state index contributed by atoms with van der Waals surface area (Å²) in [6.07, 6.45) is 0. The van der Waals surface area contributed by atoms with Crippen LogP contribution < -0.4 is 25.4 Å². The molecule has 148 valence electrons. The molecule has 8 nitrogen and oxygen atoms in total. The minimum Gasteiger partial charge on any atom is -0.493 e. The fourth-order valence-corrected chi connectivity index (χ4v) is 2.67. The molecule has 3 N–H and O–H groups in total. The first-order valence-electron chi connectivity index (χ1n) is 8.51. The van der Waals surface area contributed by atoms with E-state index in [0.29, 0.717) is 22.7 Å². The minimum absolute atomic E-state index is 0.228. The molecule has 0 radical (unpaired) electrons. The number of imide groups is 1. The fraction of sp³-hybridized carbons (Fsp3) is 0.250. The van der Waals surface area contributed by atoms with Crippen molar-refractivity contribution in [1.82, 2.24) is 5.32 Å². The molecule has 0 bridgehead atoms. The largest absolute Gasteiger partial charge is 0.493 e. The number of nitrogens with two attached hydrogens (primary N) is 1. The number of ether oxygens (including phenoxy) is 2. The second-order valence-corrected chi connectivity index (χ2v) is 6.06. The molecule has 0 aliphatic rings. The topological polar surface area (TPSA) is 111 Å². The standard InChI is InChI=1S/C20H23N3O5/c1-12(14-8-9-17(27-3)18(10-14)28-4)22-19(25)20(26)23(13(2)24)16-7-5-6-15(21)11-16/h5-12H,21H2,1-4H3,(H,22,25). The molecule has 28 heavy (non-hydrogen) atoms. The summed E-state index contributed by atoms with van der Waals surface area (Å²) in [5, 5.41) is 2.59. The van der Waals surface area contributed by atoms with E-state index in [0.717, 1.165) is 4.90 Å². The Kier molecular flexibility index (Phi) is 6.59. The van der Waals surface area contributed by atoms with Crippen molar-refractivity contribution >= 4 is 29.1 Å². The van der Waals surface area contributed by atoms with Gasteiger partial charge in [0.25, 0.3) is 0 Å². The zero-order chi connectivity index (χ0) is 20.8. The van der Waals surface area contributed by atoms with Gasteiger partial charge in [-0.2, -0.15) is 0 Å². The molecule has 0 aromatic heterocycles. The van der Waals surface area contributed by atoms with Crippen molar-refractivity contribution in [2.75, 3.05) is 24.9 Å². The van der Waals surface area contributed by atoms with Crippen molar-refractivity contribution in [3.05, 3.63) is 48.0 Å². The normalized spacial score (nSPS) is 11.3. The molecule has 3 amide bonds. The van der Waals surface area contributed by atoms with Crippen LogP contribution >= 0.6 is 0 Å². The maximum atomic E-state index is 12.6. The van der Waals surface area contributed by atoms with Crippen LogP contribution in [0.15, 0.2) is 42.5 Å².